The van der Waals surface area contributed by atoms with Gasteiger partial charge in [-0.15, -0.1) is 0 Å². The number of hydrogen-bond acceptors (Lipinski definition) is 4. The van der Waals surface area contributed by atoms with E-state index in [0.29, 0.717) is 74.6 Å². The molecule has 8 heteroatoms. The van der Waals surface area contributed by atoms with Crippen LogP contribution in [0.3, 0.4) is 0 Å². The van der Waals surface area contributed by atoms with E-state index in [2.05, 4.69) is 4.90 Å². The van der Waals surface area contributed by atoms with Crippen LogP contribution in [0.5, 0.6) is 0 Å². The Labute approximate surface area is 157 Å². The van der Waals surface area contributed by atoms with Crippen molar-refractivity contribution < 1.29 is 14.3 Å². The van der Waals surface area contributed by atoms with E-state index in [-0.39, 0.29) is 11.8 Å². The first-order valence-electron chi connectivity index (χ1n) is 8.37. The topological polar surface area (TPSA) is 53.1 Å². The monoisotopic (exact) mass is 385 g/mol. The Morgan fingerprint density at radius 3 is 2.28 bits per heavy atom. The molecule has 3 rings (SSSR count). The maximum absolute atomic E-state index is 12.6. The second kappa shape index (κ2) is 8.36. The second-order valence-electron chi connectivity index (χ2n) is 6.19. The van der Waals surface area contributed by atoms with Crippen LogP contribution >= 0.6 is 23.2 Å². The largest absolute Gasteiger partial charge is 0.378 e. The van der Waals surface area contributed by atoms with E-state index >= 15 is 0 Å². The van der Waals surface area contributed by atoms with Gasteiger partial charge in [-0.25, -0.2) is 0 Å². The minimum atomic E-state index is -0.0965. The predicted octanol–water partition coefficient (Wildman–Crippen LogP) is 1.61. The minimum Gasteiger partial charge on any atom is -0.378 e. The zero-order valence-electron chi connectivity index (χ0n) is 13.9. The van der Waals surface area contributed by atoms with Crippen LogP contribution in [0.1, 0.15) is 10.4 Å². The van der Waals surface area contributed by atoms with Gasteiger partial charge in [-0.05, 0) is 18.2 Å². The van der Waals surface area contributed by atoms with Crippen LogP contribution in [0.25, 0.3) is 0 Å². The molecular weight excluding hydrogens is 365 g/mol. The van der Waals surface area contributed by atoms with E-state index in [4.69, 9.17) is 27.9 Å². The van der Waals surface area contributed by atoms with Gasteiger partial charge in [0.25, 0.3) is 5.91 Å². The van der Waals surface area contributed by atoms with Gasteiger partial charge in [-0.3, -0.25) is 14.5 Å². The van der Waals surface area contributed by atoms with Crippen molar-refractivity contribution in [3.8, 4) is 0 Å². The zero-order valence-corrected chi connectivity index (χ0v) is 15.4. The van der Waals surface area contributed by atoms with Crippen LogP contribution in [-0.2, 0) is 9.53 Å². The first-order chi connectivity index (χ1) is 12.0. The molecule has 0 aromatic heterocycles. The van der Waals surface area contributed by atoms with Crippen LogP contribution in [0.15, 0.2) is 18.2 Å². The number of benzene rings is 1. The van der Waals surface area contributed by atoms with E-state index in [1.165, 1.54) is 0 Å². The molecule has 0 aliphatic carbocycles. The molecule has 2 fully saturated rings. The fraction of sp³-hybridized carbons (Fsp3) is 0.529. The molecule has 136 valence electrons. The van der Waals surface area contributed by atoms with E-state index in [1.807, 2.05) is 4.90 Å². The van der Waals surface area contributed by atoms with Gasteiger partial charge < -0.3 is 14.5 Å². The molecule has 2 amide bonds. The summed E-state index contributed by atoms with van der Waals surface area (Å²) in [4.78, 5) is 30.6. The SMILES string of the molecule is O=C(CN1CCN(C(=O)c2ccc(Cl)cc2Cl)CC1)N1CCOCC1. The number of hydrogen-bond donors (Lipinski definition) is 0. The van der Waals surface area contributed by atoms with Gasteiger partial charge in [-0.1, -0.05) is 23.2 Å². The van der Waals surface area contributed by atoms with Crippen molar-refractivity contribution in [3.05, 3.63) is 33.8 Å². The van der Waals surface area contributed by atoms with Crippen molar-refractivity contribution in [1.82, 2.24) is 14.7 Å². The Morgan fingerprint density at radius 1 is 0.960 bits per heavy atom. The highest BCUT2D eigenvalue weighted by molar-refractivity contribution is 6.36. The molecule has 1 aromatic rings. The van der Waals surface area contributed by atoms with Crippen molar-refractivity contribution in [3.63, 3.8) is 0 Å². The lowest BCUT2D eigenvalue weighted by atomic mass is 10.1. The molecule has 6 nitrogen and oxygen atoms in total. The highest BCUT2D eigenvalue weighted by Crippen LogP contribution is 2.22. The van der Waals surface area contributed by atoms with Crippen LogP contribution < -0.4 is 0 Å². The second-order valence-corrected chi connectivity index (χ2v) is 7.03. The molecular formula is C17H21Cl2N3O3. The van der Waals surface area contributed by atoms with Crippen molar-refractivity contribution in [2.45, 2.75) is 0 Å². The number of ether oxygens (including phenoxy) is 1. The Morgan fingerprint density at radius 2 is 1.64 bits per heavy atom. The Kier molecular flexibility index (Phi) is 6.17. The number of amides is 2. The number of carbonyl (C=O) groups excluding carboxylic acids is 2. The van der Waals surface area contributed by atoms with Crippen molar-refractivity contribution in [2.24, 2.45) is 0 Å². The smallest absolute Gasteiger partial charge is 0.255 e. The van der Waals surface area contributed by atoms with Crippen molar-refractivity contribution >= 4 is 35.0 Å². The minimum absolute atomic E-state index is 0.0965. The Bertz CT molecular complexity index is 642. The van der Waals surface area contributed by atoms with Crippen molar-refractivity contribution in [1.29, 1.82) is 0 Å². The molecule has 0 N–H and O–H groups in total. The third-order valence-electron chi connectivity index (χ3n) is 4.54. The third-order valence-corrected chi connectivity index (χ3v) is 5.09. The average Bonchev–Trinajstić information content (AvgIpc) is 2.62. The summed E-state index contributed by atoms with van der Waals surface area (Å²) in [6.45, 7) is 5.43. The van der Waals surface area contributed by atoms with E-state index in [0.717, 1.165) is 0 Å². The first-order valence-corrected chi connectivity index (χ1v) is 9.12. The molecule has 0 atom stereocenters. The zero-order chi connectivity index (χ0) is 17.8. The van der Waals surface area contributed by atoms with Gasteiger partial charge in [0.05, 0.1) is 30.3 Å². The molecule has 0 unspecified atom stereocenters. The fourth-order valence-corrected chi connectivity index (χ4v) is 3.54. The van der Waals surface area contributed by atoms with Gasteiger partial charge >= 0.3 is 0 Å². The highest BCUT2D eigenvalue weighted by Gasteiger charge is 2.26. The molecule has 0 radical (unpaired) electrons. The van der Waals surface area contributed by atoms with Crippen LogP contribution in [-0.4, -0.2) is 85.5 Å². The summed E-state index contributed by atoms with van der Waals surface area (Å²) in [5.41, 5.74) is 0.462. The number of rotatable bonds is 3. The average molecular weight is 386 g/mol. The third kappa shape index (κ3) is 4.64. The summed E-state index contributed by atoms with van der Waals surface area (Å²) in [6.07, 6.45) is 0. The predicted molar refractivity (Wildman–Crippen MR) is 96.2 cm³/mol. The lowest BCUT2D eigenvalue weighted by molar-refractivity contribution is -0.136. The molecule has 2 heterocycles. The van der Waals surface area contributed by atoms with E-state index in [9.17, 15) is 9.59 Å². The van der Waals surface area contributed by atoms with Gasteiger partial charge in [0.1, 0.15) is 0 Å². The Hall–Kier alpha value is -1.34. The van der Waals surface area contributed by atoms with E-state index in [1.54, 1.807) is 23.1 Å². The maximum Gasteiger partial charge on any atom is 0.255 e. The van der Waals surface area contributed by atoms with E-state index < -0.39 is 0 Å². The van der Waals surface area contributed by atoms with Crippen LogP contribution in [0, 0.1) is 0 Å². The van der Waals surface area contributed by atoms with Crippen LogP contribution in [0.4, 0.5) is 0 Å². The van der Waals surface area contributed by atoms with Gasteiger partial charge in [0, 0.05) is 44.3 Å². The number of halogens is 2. The number of carbonyl (C=O) groups is 2. The first kappa shape index (κ1) is 18.5. The fourth-order valence-electron chi connectivity index (χ4n) is 3.05. The highest BCUT2D eigenvalue weighted by atomic mass is 35.5. The molecule has 0 saturated carbocycles. The molecule has 2 aliphatic heterocycles. The summed E-state index contributed by atoms with van der Waals surface area (Å²) in [5.74, 6) is 0.0321. The van der Waals surface area contributed by atoms with Gasteiger partial charge in [0.2, 0.25) is 5.91 Å². The summed E-state index contributed by atoms with van der Waals surface area (Å²) in [6, 6.07) is 4.90. The molecule has 0 spiro atoms. The lowest BCUT2D eigenvalue weighted by Gasteiger charge is -2.36. The van der Waals surface area contributed by atoms with Gasteiger partial charge in [0.15, 0.2) is 0 Å². The standard InChI is InChI=1S/C17H21Cl2N3O3/c18-13-1-2-14(15(19)11-13)17(24)22-5-3-20(4-6-22)12-16(23)21-7-9-25-10-8-21/h1-2,11H,3-10,12H2. The summed E-state index contributed by atoms with van der Waals surface area (Å²) < 4.78 is 5.27. The van der Waals surface area contributed by atoms with Crippen molar-refractivity contribution in [2.75, 3.05) is 59.0 Å². The maximum atomic E-state index is 12.6. The molecule has 0 bridgehead atoms. The number of nitrogens with zero attached hydrogens (tertiary/aromatic N) is 3. The number of piperazine rings is 1. The molecule has 25 heavy (non-hydrogen) atoms. The van der Waals surface area contributed by atoms with Gasteiger partial charge in [-0.2, -0.15) is 0 Å². The normalized spacial score (nSPS) is 19.1. The quantitative estimate of drug-likeness (QED) is 0.792. The van der Waals surface area contributed by atoms with Crippen LogP contribution in [0.2, 0.25) is 10.0 Å². The molecule has 2 saturated heterocycles. The Balaban J connectivity index is 1.51. The summed E-state index contributed by atoms with van der Waals surface area (Å²) >= 11 is 12.0. The summed E-state index contributed by atoms with van der Waals surface area (Å²) in [5, 5.41) is 0.871. The summed E-state index contributed by atoms with van der Waals surface area (Å²) in [7, 11) is 0. The molecule has 2 aliphatic rings. The number of morpholine rings is 1. The molecule has 1 aromatic carbocycles. The lowest BCUT2D eigenvalue weighted by Crippen LogP contribution is -2.52.